The standard InChI is InChI=1S/C36H46Cl2FN3O3S/c1-24(2)22-42(23-25(3)4)18-6-7-26-10-16-31-28(19-26)8-5-9-34(31)40-36(43)21-35(27-11-13-29(39)14-12-27)41-46(44,45)30-15-17-32(37)33(38)20-30/h10-17,19-20,24-25,34-35,41H,5-9,18,21-23H2,1-4H3,(H,40,43)/t34-,35-/m1/s1. The number of hydrogen-bond donors (Lipinski definition) is 2. The molecular formula is C36H46Cl2FN3O3S. The molecule has 1 aliphatic carbocycles. The van der Waals surface area contributed by atoms with Crippen LogP contribution in [0.2, 0.25) is 10.0 Å². The van der Waals surface area contributed by atoms with Crippen molar-refractivity contribution in [3.8, 4) is 0 Å². The molecule has 0 saturated carbocycles. The third-order valence-electron chi connectivity index (χ3n) is 8.20. The average Bonchev–Trinajstić information content (AvgIpc) is 2.98. The van der Waals surface area contributed by atoms with Crippen LogP contribution in [-0.2, 0) is 27.7 Å². The topological polar surface area (TPSA) is 78.5 Å². The van der Waals surface area contributed by atoms with Crippen molar-refractivity contribution in [3.05, 3.63) is 98.8 Å². The van der Waals surface area contributed by atoms with Crippen LogP contribution in [0.25, 0.3) is 0 Å². The fourth-order valence-electron chi connectivity index (χ4n) is 6.23. The van der Waals surface area contributed by atoms with Gasteiger partial charge in [0.15, 0.2) is 0 Å². The Morgan fingerprint density at radius 2 is 1.65 bits per heavy atom. The van der Waals surface area contributed by atoms with Crippen molar-refractivity contribution >= 4 is 39.1 Å². The van der Waals surface area contributed by atoms with E-state index < -0.39 is 21.9 Å². The molecule has 0 aliphatic heterocycles. The van der Waals surface area contributed by atoms with Crippen LogP contribution in [0.1, 0.15) is 87.7 Å². The number of halogens is 3. The lowest BCUT2D eigenvalue weighted by Gasteiger charge is -2.28. The maximum absolute atomic E-state index is 13.7. The minimum Gasteiger partial charge on any atom is -0.349 e. The van der Waals surface area contributed by atoms with Crippen LogP contribution in [0.3, 0.4) is 0 Å². The molecule has 2 N–H and O–H groups in total. The molecule has 0 heterocycles. The van der Waals surface area contributed by atoms with Gasteiger partial charge in [0, 0.05) is 19.5 Å². The number of carbonyl (C=O) groups excluding carboxylic acids is 1. The summed E-state index contributed by atoms with van der Waals surface area (Å²) in [7, 11) is -4.08. The highest BCUT2D eigenvalue weighted by Gasteiger charge is 2.27. The number of rotatable bonds is 15. The Labute approximate surface area is 284 Å². The van der Waals surface area contributed by atoms with Gasteiger partial charge in [-0.05, 0) is 103 Å². The molecule has 0 aromatic heterocycles. The fourth-order valence-corrected chi connectivity index (χ4v) is 7.84. The van der Waals surface area contributed by atoms with Gasteiger partial charge in [-0.15, -0.1) is 0 Å². The van der Waals surface area contributed by atoms with Crippen LogP contribution in [0.4, 0.5) is 4.39 Å². The van der Waals surface area contributed by atoms with Gasteiger partial charge in [0.05, 0.1) is 27.0 Å². The first-order chi connectivity index (χ1) is 21.8. The van der Waals surface area contributed by atoms with E-state index in [1.165, 1.54) is 53.6 Å². The van der Waals surface area contributed by atoms with Crippen molar-refractivity contribution in [2.45, 2.75) is 83.2 Å². The first-order valence-corrected chi connectivity index (χ1v) is 18.4. The predicted molar refractivity (Wildman–Crippen MR) is 185 cm³/mol. The number of benzene rings is 3. The largest absolute Gasteiger partial charge is 0.349 e. The highest BCUT2D eigenvalue weighted by atomic mass is 35.5. The number of aryl methyl sites for hydroxylation is 2. The highest BCUT2D eigenvalue weighted by molar-refractivity contribution is 7.89. The van der Waals surface area contributed by atoms with E-state index in [0.29, 0.717) is 17.4 Å². The van der Waals surface area contributed by atoms with Gasteiger partial charge < -0.3 is 10.2 Å². The van der Waals surface area contributed by atoms with E-state index in [1.807, 2.05) is 0 Å². The van der Waals surface area contributed by atoms with Crippen molar-refractivity contribution in [2.24, 2.45) is 11.8 Å². The van der Waals surface area contributed by atoms with E-state index in [4.69, 9.17) is 23.2 Å². The molecule has 2 atom stereocenters. The lowest BCUT2D eigenvalue weighted by Crippen LogP contribution is -2.36. The molecule has 1 amide bonds. The number of hydrogen-bond acceptors (Lipinski definition) is 4. The lowest BCUT2D eigenvalue weighted by atomic mass is 9.86. The normalized spacial score (nSPS) is 15.7. The maximum atomic E-state index is 13.7. The summed E-state index contributed by atoms with van der Waals surface area (Å²) < 4.78 is 42.9. The first kappa shape index (κ1) is 36.3. The number of amides is 1. The molecule has 4 rings (SSSR count). The van der Waals surface area contributed by atoms with Crippen LogP contribution in [0, 0.1) is 17.7 Å². The summed E-state index contributed by atoms with van der Waals surface area (Å²) in [6.07, 6.45) is 4.65. The van der Waals surface area contributed by atoms with Crippen LogP contribution in [0.5, 0.6) is 0 Å². The van der Waals surface area contributed by atoms with E-state index in [0.717, 1.165) is 57.3 Å². The molecule has 250 valence electrons. The number of nitrogens with one attached hydrogen (secondary N) is 2. The van der Waals surface area contributed by atoms with Crippen molar-refractivity contribution < 1.29 is 17.6 Å². The minimum atomic E-state index is -4.08. The molecule has 0 spiro atoms. The monoisotopic (exact) mass is 689 g/mol. The van der Waals surface area contributed by atoms with Gasteiger partial charge in [0.2, 0.25) is 15.9 Å². The summed E-state index contributed by atoms with van der Waals surface area (Å²) in [5.74, 6) is 0.524. The maximum Gasteiger partial charge on any atom is 0.241 e. The summed E-state index contributed by atoms with van der Waals surface area (Å²) in [5, 5.41) is 3.47. The van der Waals surface area contributed by atoms with Gasteiger partial charge in [0.1, 0.15) is 5.82 Å². The van der Waals surface area contributed by atoms with Gasteiger partial charge in [-0.2, -0.15) is 0 Å². The number of fused-ring (bicyclic) bond motifs is 1. The second-order valence-electron chi connectivity index (χ2n) is 13.2. The van der Waals surface area contributed by atoms with Gasteiger partial charge in [-0.3, -0.25) is 4.79 Å². The van der Waals surface area contributed by atoms with Crippen molar-refractivity contribution in [3.63, 3.8) is 0 Å². The predicted octanol–water partition coefficient (Wildman–Crippen LogP) is 8.28. The van der Waals surface area contributed by atoms with Crippen molar-refractivity contribution in [1.82, 2.24) is 14.9 Å². The summed E-state index contributed by atoms with van der Waals surface area (Å²) in [5.41, 5.74) is 4.15. The zero-order valence-electron chi connectivity index (χ0n) is 27.2. The zero-order valence-corrected chi connectivity index (χ0v) is 29.5. The summed E-state index contributed by atoms with van der Waals surface area (Å²) >= 11 is 12.1. The Balaban J connectivity index is 1.43. The number of sulfonamides is 1. The van der Waals surface area contributed by atoms with Crippen molar-refractivity contribution in [1.29, 1.82) is 0 Å². The summed E-state index contributed by atoms with van der Waals surface area (Å²) in [6, 6.07) is 14.9. The third-order valence-corrected chi connectivity index (χ3v) is 10.4. The van der Waals surface area contributed by atoms with E-state index in [9.17, 15) is 17.6 Å². The summed E-state index contributed by atoms with van der Waals surface area (Å²) in [6.45, 7) is 12.4. The van der Waals surface area contributed by atoms with Crippen LogP contribution < -0.4 is 10.0 Å². The first-order valence-electron chi connectivity index (χ1n) is 16.2. The Bertz CT molecular complexity index is 1570. The second kappa shape index (κ2) is 16.6. The molecule has 1 aliphatic rings. The molecular weight excluding hydrogens is 644 g/mol. The van der Waals surface area contributed by atoms with Crippen LogP contribution in [0.15, 0.2) is 65.6 Å². The third kappa shape index (κ3) is 10.5. The Morgan fingerprint density at radius 3 is 2.30 bits per heavy atom. The Hall–Kier alpha value is -2.49. The Kier molecular flexibility index (Phi) is 13.1. The van der Waals surface area contributed by atoms with Gasteiger partial charge in [-0.1, -0.05) is 81.2 Å². The molecule has 10 heteroatoms. The van der Waals surface area contributed by atoms with Crippen molar-refractivity contribution in [2.75, 3.05) is 19.6 Å². The molecule has 6 nitrogen and oxygen atoms in total. The molecule has 0 radical (unpaired) electrons. The number of nitrogens with zero attached hydrogens (tertiary/aromatic N) is 1. The molecule has 0 saturated heterocycles. The fraction of sp³-hybridized carbons (Fsp3) is 0.472. The SMILES string of the molecule is CC(C)CN(CCCc1ccc2c(c1)CCC[C@H]2NC(=O)C[C@@H](NS(=O)(=O)c1ccc(Cl)c(Cl)c1)c1ccc(F)cc1)CC(C)C. The van der Waals surface area contributed by atoms with Crippen LogP contribution in [-0.4, -0.2) is 38.9 Å². The van der Waals surface area contributed by atoms with E-state index in [1.54, 1.807) is 0 Å². The summed E-state index contributed by atoms with van der Waals surface area (Å²) in [4.78, 5) is 15.9. The van der Waals surface area contributed by atoms with Gasteiger partial charge in [0.25, 0.3) is 0 Å². The van der Waals surface area contributed by atoms with Crippen LogP contribution >= 0.6 is 23.2 Å². The van der Waals surface area contributed by atoms with Gasteiger partial charge in [-0.25, -0.2) is 17.5 Å². The molecule has 3 aromatic rings. The van der Waals surface area contributed by atoms with E-state index in [-0.39, 0.29) is 33.3 Å². The van der Waals surface area contributed by atoms with Gasteiger partial charge >= 0.3 is 0 Å². The Morgan fingerprint density at radius 1 is 0.957 bits per heavy atom. The smallest absolute Gasteiger partial charge is 0.241 e. The highest BCUT2D eigenvalue weighted by Crippen LogP contribution is 2.32. The molecule has 46 heavy (non-hydrogen) atoms. The molecule has 3 aromatic carbocycles. The minimum absolute atomic E-state index is 0.0843. The van der Waals surface area contributed by atoms with E-state index >= 15 is 0 Å². The average molecular weight is 691 g/mol. The quantitative estimate of drug-likeness (QED) is 0.168. The molecule has 0 bridgehead atoms. The second-order valence-corrected chi connectivity index (χ2v) is 15.7. The zero-order chi connectivity index (χ0) is 33.4. The molecule has 0 unspecified atom stereocenters. The molecule has 0 fully saturated rings. The van der Waals surface area contributed by atoms with E-state index in [2.05, 4.69) is 60.8 Å². The number of carbonyl (C=O) groups is 1. The lowest BCUT2D eigenvalue weighted by molar-refractivity contribution is -0.122.